The summed E-state index contributed by atoms with van der Waals surface area (Å²) >= 11 is 0. The van der Waals surface area contributed by atoms with Gasteiger partial charge in [-0.25, -0.2) is 0 Å². The molecule has 0 amide bonds. The molecule has 0 N–H and O–H groups in total. The van der Waals surface area contributed by atoms with Crippen LogP contribution in [0.5, 0.6) is 0 Å². The number of hydrogen-bond acceptors (Lipinski definition) is 1. The average molecular weight is 258 g/mol. The van der Waals surface area contributed by atoms with Crippen molar-refractivity contribution in [2.75, 3.05) is 0 Å². The van der Waals surface area contributed by atoms with E-state index in [9.17, 15) is 0 Å². The lowest BCUT2D eigenvalue weighted by atomic mass is 9.81. The van der Waals surface area contributed by atoms with E-state index < -0.39 is 0 Å². The first-order valence-electron chi connectivity index (χ1n) is 8.07. The van der Waals surface area contributed by atoms with E-state index in [4.69, 9.17) is 12.6 Å². The molecule has 0 aromatic heterocycles. The van der Waals surface area contributed by atoms with Crippen molar-refractivity contribution in [3.05, 3.63) is 0 Å². The van der Waals surface area contributed by atoms with Gasteiger partial charge >= 0.3 is 0 Å². The fourth-order valence-electron chi connectivity index (χ4n) is 1.56. The van der Waals surface area contributed by atoms with Gasteiger partial charge in [0.2, 0.25) is 0 Å². The SMILES string of the molecule is CC.CC.CC.CC.[B]C1OC(CC)C(C)C1C. The number of ether oxygens (including phenoxy) is 1. The van der Waals surface area contributed by atoms with Gasteiger partial charge in [-0.3, -0.25) is 0 Å². The van der Waals surface area contributed by atoms with E-state index >= 15 is 0 Å². The smallest absolute Gasteiger partial charge is 0.109 e. The first-order chi connectivity index (χ1) is 8.66. The Bertz CT molecular complexity index is 118. The Morgan fingerprint density at radius 2 is 1.11 bits per heavy atom. The monoisotopic (exact) mass is 258 g/mol. The first-order valence-corrected chi connectivity index (χ1v) is 8.07. The predicted octanol–water partition coefficient (Wildman–Crippen LogP) is 5.67. The van der Waals surface area contributed by atoms with Gasteiger partial charge in [0.1, 0.15) is 7.85 Å². The lowest BCUT2D eigenvalue weighted by Crippen LogP contribution is -2.15. The summed E-state index contributed by atoms with van der Waals surface area (Å²) in [6.45, 7) is 22.5. The molecule has 1 nitrogen and oxygen atoms in total. The maximum absolute atomic E-state index is 5.71. The van der Waals surface area contributed by atoms with Crippen molar-refractivity contribution in [2.45, 2.75) is 94.7 Å². The standard InChI is InChI=1S/C8H15BO.4C2H6/c1-4-7-5(2)6(3)8(9)10-7;4*1-2/h5-8H,4H2,1-3H3;4*1-2H3. The topological polar surface area (TPSA) is 9.23 Å². The molecule has 0 aromatic rings. The van der Waals surface area contributed by atoms with Crippen molar-refractivity contribution in [2.24, 2.45) is 11.8 Å². The van der Waals surface area contributed by atoms with E-state index in [-0.39, 0.29) is 6.00 Å². The van der Waals surface area contributed by atoms with Gasteiger partial charge in [0.15, 0.2) is 0 Å². The molecular weight excluding hydrogens is 219 g/mol. The van der Waals surface area contributed by atoms with E-state index in [0.29, 0.717) is 17.9 Å². The van der Waals surface area contributed by atoms with Gasteiger partial charge in [0, 0.05) is 6.00 Å². The molecule has 0 aliphatic carbocycles. The molecule has 4 atom stereocenters. The Morgan fingerprint density at radius 1 is 0.778 bits per heavy atom. The summed E-state index contributed by atoms with van der Waals surface area (Å²) in [6, 6.07) is -0.0278. The summed E-state index contributed by atoms with van der Waals surface area (Å²) in [5, 5.41) is 0. The molecule has 2 heteroatoms. The van der Waals surface area contributed by atoms with E-state index in [2.05, 4.69) is 20.8 Å². The zero-order valence-corrected chi connectivity index (χ0v) is 15.0. The van der Waals surface area contributed by atoms with Crippen molar-refractivity contribution in [3.8, 4) is 0 Å². The third-order valence-electron chi connectivity index (χ3n) is 2.67. The second-order valence-electron chi connectivity index (χ2n) is 3.27. The second kappa shape index (κ2) is 22.2. The molecule has 18 heavy (non-hydrogen) atoms. The van der Waals surface area contributed by atoms with Crippen molar-refractivity contribution in [3.63, 3.8) is 0 Å². The van der Waals surface area contributed by atoms with Gasteiger partial charge in [-0.05, 0) is 18.3 Å². The summed E-state index contributed by atoms with van der Waals surface area (Å²) in [6.07, 6.45) is 1.48. The predicted molar refractivity (Wildman–Crippen MR) is 88.4 cm³/mol. The molecule has 1 heterocycles. The van der Waals surface area contributed by atoms with Gasteiger partial charge < -0.3 is 4.74 Å². The van der Waals surface area contributed by atoms with Crippen LogP contribution >= 0.6 is 0 Å². The number of hydrogen-bond donors (Lipinski definition) is 0. The minimum atomic E-state index is -0.0278. The molecule has 2 radical (unpaired) electrons. The normalized spacial score (nSPS) is 27.9. The van der Waals surface area contributed by atoms with Crippen LogP contribution in [0.15, 0.2) is 0 Å². The Kier molecular flexibility index (Phi) is 32.8. The minimum Gasteiger partial charge on any atom is -0.384 e. The molecule has 0 bridgehead atoms. The van der Waals surface area contributed by atoms with E-state index in [1.54, 1.807) is 0 Å². The van der Waals surface area contributed by atoms with Crippen molar-refractivity contribution in [1.29, 1.82) is 0 Å². The number of rotatable bonds is 1. The maximum atomic E-state index is 5.71. The maximum Gasteiger partial charge on any atom is 0.109 e. The van der Waals surface area contributed by atoms with Crippen molar-refractivity contribution >= 4 is 7.85 Å². The van der Waals surface area contributed by atoms with E-state index in [0.717, 1.165) is 6.42 Å². The summed E-state index contributed by atoms with van der Waals surface area (Å²) in [4.78, 5) is 0. The Balaban J connectivity index is -0.000000105. The molecular formula is C16H39BO. The molecule has 0 spiro atoms. The first kappa shape index (κ1) is 26.6. The molecule has 1 rings (SSSR count). The highest BCUT2D eigenvalue weighted by Crippen LogP contribution is 2.31. The van der Waals surface area contributed by atoms with Crippen molar-refractivity contribution < 1.29 is 4.74 Å². The molecule has 4 unspecified atom stereocenters. The van der Waals surface area contributed by atoms with Crippen molar-refractivity contribution in [1.82, 2.24) is 0 Å². The Hall–Kier alpha value is 0.0249. The van der Waals surface area contributed by atoms with Crippen LogP contribution in [0.4, 0.5) is 0 Å². The lowest BCUT2D eigenvalue weighted by Gasteiger charge is -2.13. The van der Waals surface area contributed by atoms with Crippen LogP contribution in [-0.4, -0.2) is 20.0 Å². The zero-order valence-electron chi connectivity index (χ0n) is 15.0. The zero-order chi connectivity index (χ0) is 15.7. The molecule has 1 saturated heterocycles. The fraction of sp³-hybridized carbons (Fsp3) is 1.00. The summed E-state index contributed by atoms with van der Waals surface area (Å²) in [7, 11) is 5.71. The van der Waals surface area contributed by atoms with Gasteiger partial charge in [-0.2, -0.15) is 0 Å². The van der Waals surface area contributed by atoms with Crippen LogP contribution < -0.4 is 0 Å². The van der Waals surface area contributed by atoms with Gasteiger partial charge in [0.25, 0.3) is 0 Å². The molecule has 112 valence electrons. The van der Waals surface area contributed by atoms with Crippen LogP contribution in [0, 0.1) is 11.8 Å². The third-order valence-corrected chi connectivity index (χ3v) is 2.67. The molecule has 1 aliphatic heterocycles. The lowest BCUT2D eigenvalue weighted by molar-refractivity contribution is 0.0698. The van der Waals surface area contributed by atoms with Gasteiger partial charge in [-0.15, -0.1) is 0 Å². The van der Waals surface area contributed by atoms with Gasteiger partial charge in [0.05, 0.1) is 6.10 Å². The average Bonchev–Trinajstić information content (AvgIpc) is 2.74. The van der Waals surface area contributed by atoms with Crippen LogP contribution in [0.2, 0.25) is 0 Å². The molecule has 0 saturated carbocycles. The summed E-state index contributed by atoms with van der Waals surface area (Å²) < 4.78 is 5.51. The van der Waals surface area contributed by atoms with Crippen LogP contribution in [0.1, 0.15) is 82.6 Å². The quantitative estimate of drug-likeness (QED) is 0.551. The molecule has 1 fully saturated rings. The van der Waals surface area contributed by atoms with Gasteiger partial charge in [-0.1, -0.05) is 76.2 Å². The summed E-state index contributed by atoms with van der Waals surface area (Å²) in [5.74, 6) is 1.14. The molecule has 1 aliphatic rings. The Labute approximate surface area is 119 Å². The minimum absolute atomic E-state index is 0.0278. The van der Waals surface area contributed by atoms with Crippen LogP contribution in [0.3, 0.4) is 0 Å². The molecule has 0 aromatic carbocycles. The van der Waals surface area contributed by atoms with Crippen LogP contribution in [-0.2, 0) is 4.74 Å². The van der Waals surface area contributed by atoms with E-state index in [1.165, 1.54) is 0 Å². The summed E-state index contributed by atoms with van der Waals surface area (Å²) in [5.41, 5.74) is 0. The second-order valence-corrected chi connectivity index (χ2v) is 3.27. The fourth-order valence-corrected chi connectivity index (χ4v) is 1.56. The third kappa shape index (κ3) is 11.1. The van der Waals surface area contributed by atoms with E-state index in [1.807, 2.05) is 55.4 Å². The Morgan fingerprint density at radius 3 is 1.22 bits per heavy atom. The highest BCUT2D eigenvalue weighted by molar-refractivity contribution is 6.11. The highest BCUT2D eigenvalue weighted by atomic mass is 16.5. The highest BCUT2D eigenvalue weighted by Gasteiger charge is 2.34. The van der Waals surface area contributed by atoms with Crippen LogP contribution in [0.25, 0.3) is 0 Å². The largest absolute Gasteiger partial charge is 0.384 e.